The molecule has 1 aromatic carbocycles. The first kappa shape index (κ1) is 13.5. The average molecular weight is 291 g/mol. The first-order valence-corrected chi connectivity index (χ1v) is 6.32. The number of anilines is 1. The molecule has 3 aromatic rings. The van der Waals surface area contributed by atoms with E-state index in [1.54, 1.807) is 35.0 Å². The second kappa shape index (κ2) is 4.80. The number of hydrogen-bond acceptors (Lipinski definition) is 2. The van der Waals surface area contributed by atoms with Gasteiger partial charge in [-0.05, 0) is 23.8 Å². The summed E-state index contributed by atoms with van der Waals surface area (Å²) in [6, 6.07) is 8.98. The second-order valence-electron chi connectivity index (χ2n) is 4.79. The van der Waals surface area contributed by atoms with Gasteiger partial charge in [-0.15, -0.1) is 0 Å². The van der Waals surface area contributed by atoms with Crippen molar-refractivity contribution in [2.75, 3.05) is 5.73 Å². The normalized spacial score (nSPS) is 12.0. The lowest BCUT2D eigenvalue weighted by Crippen LogP contribution is -2.09. The second-order valence-corrected chi connectivity index (χ2v) is 4.79. The molecule has 0 atom stereocenters. The van der Waals surface area contributed by atoms with Crippen molar-refractivity contribution in [2.24, 2.45) is 0 Å². The molecule has 0 spiro atoms. The van der Waals surface area contributed by atoms with Crippen LogP contribution in [0.5, 0.6) is 0 Å². The van der Waals surface area contributed by atoms with Crippen molar-refractivity contribution in [2.45, 2.75) is 12.6 Å². The summed E-state index contributed by atoms with van der Waals surface area (Å²) in [6.45, 7) is 0. The van der Waals surface area contributed by atoms with Crippen LogP contribution in [0, 0.1) is 0 Å². The van der Waals surface area contributed by atoms with Crippen molar-refractivity contribution < 1.29 is 13.2 Å². The number of nitrogen functional groups attached to an aromatic ring is 1. The maximum Gasteiger partial charge on any atom is 0.416 e. The molecule has 0 saturated heterocycles. The third-order valence-electron chi connectivity index (χ3n) is 3.22. The molecule has 0 aliphatic heterocycles. The lowest BCUT2D eigenvalue weighted by Gasteiger charge is -2.11. The van der Waals surface area contributed by atoms with Crippen molar-refractivity contribution >= 4 is 11.3 Å². The minimum Gasteiger partial charge on any atom is -0.398 e. The van der Waals surface area contributed by atoms with Crippen molar-refractivity contribution in [1.82, 2.24) is 9.38 Å². The van der Waals surface area contributed by atoms with E-state index >= 15 is 0 Å². The summed E-state index contributed by atoms with van der Waals surface area (Å²) < 4.78 is 40.6. The fraction of sp³-hybridized carbons (Fsp3) is 0.133. The van der Waals surface area contributed by atoms with Gasteiger partial charge in [0.05, 0.1) is 11.3 Å². The van der Waals surface area contributed by atoms with Gasteiger partial charge in [-0.3, -0.25) is 0 Å². The summed E-state index contributed by atoms with van der Waals surface area (Å²) >= 11 is 0. The molecule has 0 bridgehead atoms. The minimum atomic E-state index is -4.36. The lowest BCUT2D eigenvalue weighted by molar-refractivity contribution is -0.138. The fourth-order valence-electron chi connectivity index (χ4n) is 2.29. The van der Waals surface area contributed by atoms with Gasteiger partial charge in [0.25, 0.3) is 0 Å². The van der Waals surface area contributed by atoms with Crippen molar-refractivity contribution in [3.8, 4) is 0 Å². The fourth-order valence-corrected chi connectivity index (χ4v) is 2.29. The standard InChI is InChI=1S/C15H12F3N3/c16-15(17,18)13-4-2-1-3-10(13)7-12-9-21-8-11(19)5-6-14(21)20-12/h1-6,8-9H,7,19H2. The highest BCUT2D eigenvalue weighted by Crippen LogP contribution is 2.32. The number of halogens is 3. The topological polar surface area (TPSA) is 43.3 Å². The number of fused-ring (bicyclic) bond motifs is 1. The molecule has 0 unspecified atom stereocenters. The first-order valence-electron chi connectivity index (χ1n) is 6.32. The lowest BCUT2D eigenvalue weighted by atomic mass is 10.0. The maximum atomic E-state index is 13.0. The molecule has 3 nitrogen and oxygen atoms in total. The summed E-state index contributed by atoms with van der Waals surface area (Å²) in [5.41, 5.74) is 7.05. The minimum absolute atomic E-state index is 0.122. The van der Waals surface area contributed by atoms with Gasteiger partial charge in [0.1, 0.15) is 5.65 Å². The molecule has 3 rings (SSSR count). The van der Waals surface area contributed by atoms with E-state index in [9.17, 15) is 13.2 Å². The highest BCUT2D eigenvalue weighted by Gasteiger charge is 2.32. The smallest absolute Gasteiger partial charge is 0.398 e. The Hall–Kier alpha value is -2.50. The summed E-state index contributed by atoms with van der Waals surface area (Å²) in [6.07, 6.45) is -0.863. The molecule has 2 heterocycles. The van der Waals surface area contributed by atoms with E-state index in [1.807, 2.05) is 0 Å². The van der Waals surface area contributed by atoms with Crippen LogP contribution in [0.2, 0.25) is 0 Å². The zero-order chi connectivity index (χ0) is 15.0. The van der Waals surface area contributed by atoms with Crippen LogP contribution in [0.1, 0.15) is 16.8 Å². The molecular weight excluding hydrogens is 279 g/mol. The molecule has 21 heavy (non-hydrogen) atoms. The first-order chi connectivity index (χ1) is 9.93. The van der Waals surface area contributed by atoms with E-state index in [2.05, 4.69) is 4.98 Å². The Morgan fingerprint density at radius 2 is 1.81 bits per heavy atom. The third-order valence-corrected chi connectivity index (χ3v) is 3.22. The van der Waals surface area contributed by atoms with Crippen LogP contribution in [0.4, 0.5) is 18.9 Å². The zero-order valence-electron chi connectivity index (χ0n) is 10.9. The van der Waals surface area contributed by atoms with Crippen LogP contribution in [0.15, 0.2) is 48.8 Å². The summed E-state index contributed by atoms with van der Waals surface area (Å²) in [7, 11) is 0. The summed E-state index contributed by atoms with van der Waals surface area (Å²) in [5.74, 6) is 0. The summed E-state index contributed by atoms with van der Waals surface area (Å²) in [4.78, 5) is 4.31. The van der Waals surface area contributed by atoms with Gasteiger partial charge in [-0.1, -0.05) is 18.2 Å². The number of alkyl halides is 3. The van der Waals surface area contributed by atoms with Gasteiger partial charge >= 0.3 is 6.18 Å². The third kappa shape index (κ3) is 2.69. The van der Waals surface area contributed by atoms with E-state index in [4.69, 9.17) is 5.73 Å². The Kier molecular flexibility index (Phi) is 3.08. The van der Waals surface area contributed by atoms with E-state index in [-0.39, 0.29) is 12.0 Å². The van der Waals surface area contributed by atoms with Crippen LogP contribution in [-0.2, 0) is 12.6 Å². The van der Waals surface area contributed by atoms with E-state index in [0.717, 1.165) is 6.07 Å². The number of pyridine rings is 1. The summed E-state index contributed by atoms with van der Waals surface area (Å²) in [5, 5.41) is 0. The molecule has 2 aromatic heterocycles. The van der Waals surface area contributed by atoms with Crippen LogP contribution in [-0.4, -0.2) is 9.38 Å². The SMILES string of the molecule is Nc1ccc2nc(Cc3ccccc3C(F)(F)F)cn2c1. The Bertz CT molecular complexity index is 790. The molecule has 2 N–H and O–H groups in total. The highest BCUT2D eigenvalue weighted by molar-refractivity contribution is 5.48. The van der Waals surface area contributed by atoms with Gasteiger partial charge in [0.15, 0.2) is 0 Å². The number of aromatic nitrogens is 2. The molecule has 0 radical (unpaired) electrons. The Labute approximate surface area is 118 Å². The number of hydrogen-bond donors (Lipinski definition) is 1. The van der Waals surface area contributed by atoms with Crippen LogP contribution >= 0.6 is 0 Å². The number of nitrogens with two attached hydrogens (primary N) is 1. The largest absolute Gasteiger partial charge is 0.416 e. The monoisotopic (exact) mass is 291 g/mol. The van der Waals surface area contributed by atoms with Gasteiger partial charge in [0, 0.05) is 24.5 Å². The van der Waals surface area contributed by atoms with Gasteiger partial charge in [-0.25, -0.2) is 4.98 Å². The molecule has 0 aliphatic rings. The Morgan fingerprint density at radius 1 is 1.05 bits per heavy atom. The van der Waals surface area contributed by atoms with Crippen LogP contribution in [0.3, 0.4) is 0 Å². The molecule has 108 valence electrons. The number of rotatable bonds is 2. The zero-order valence-corrected chi connectivity index (χ0v) is 10.9. The van der Waals surface area contributed by atoms with E-state index in [0.29, 0.717) is 17.0 Å². The molecule has 0 saturated carbocycles. The highest BCUT2D eigenvalue weighted by atomic mass is 19.4. The molecule has 0 fully saturated rings. The van der Waals surface area contributed by atoms with Crippen LogP contribution in [0.25, 0.3) is 5.65 Å². The van der Waals surface area contributed by atoms with Crippen LogP contribution < -0.4 is 5.73 Å². The predicted molar refractivity (Wildman–Crippen MR) is 73.9 cm³/mol. The van der Waals surface area contributed by atoms with Crippen molar-refractivity contribution in [3.63, 3.8) is 0 Å². The number of nitrogens with zero attached hydrogens (tertiary/aromatic N) is 2. The Morgan fingerprint density at radius 3 is 2.57 bits per heavy atom. The number of benzene rings is 1. The van der Waals surface area contributed by atoms with Crippen molar-refractivity contribution in [1.29, 1.82) is 0 Å². The van der Waals surface area contributed by atoms with Gasteiger partial charge < -0.3 is 10.1 Å². The molecule has 6 heteroatoms. The average Bonchev–Trinajstić information content (AvgIpc) is 2.79. The van der Waals surface area contributed by atoms with E-state index < -0.39 is 11.7 Å². The molecular formula is C15H12F3N3. The predicted octanol–water partition coefficient (Wildman–Crippen LogP) is 3.53. The Balaban J connectivity index is 1.99. The van der Waals surface area contributed by atoms with Gasteiger partial charge in [-0.2, -0.15) is 13.2 Å². The molecule has 0 aliphatic carbocycles. The van der Waals surface area contributed by atoms with E-state index in [1.165, 1.54) is 12.1 Å². The number of imidazole rings is 1. The molecule has 0 amide bonds. The van der Waals surface area contributed by atoms with Gasteiger partial charge in [0.2, 0.25) is 0 Å². The van der Waals surface area contributed by atoms with Crippen molar-refractivity contribution in [3.05, 3.63) is 65.6 Å². The maximum absolute atomic E-state index is 13.0. The quantitative estimate of drug-likeness (QED) is 0.785.